The molecule has 106 valence electrons. The van der Waals surface area contributed by atoms with Crippen molar-refractivity contribution >= 4 is 27.5 Å². The summed E-state index contributed by atoms with van der Waals surface area (Å²) in [5.41, 5.74) is 6.61. The molecule has 0 aliphatic rings. The molecule has 2 aromatic rings. The third kappa shape index (κ3) is 4.40. The molecule has 0 saturated carbocycles. The second kappa shape index (κ2) is 7.53. The van der Waals surface area contributed by atoms with E-state index in [2.05, 4.69) is 15.9 Å². The summed E-state index contributed by atoms with van der Waals surface area (Å²) in [4.78, 5) is 0. The highest BCUT2D eigenvalue weighted by Gasteiger charge is 2.02. The van der Waals surface area contributed by atoms with Gasteiger partial charge in [0.15, 0.2) is 0 Å². The first kappa shape index (κ1) is 15.2. The molecular weight excluding hydrogens is 342 g/mol. The van der Waals surface area contributed by atoms with Crippen molar-refractivity contribution in [2.75, 3.05) is 13.2 Å². The molecule has 3 nitrogen and oxygen atoms in total. The number of hydrogen-bond donors (Lipinski definition) is 1. The molecule has 5 heteroatoms. The summed E-state index contributed by atoms with van der Waals surface area (Å²) >= 11 is 9.40. The van der Waals surface area contributed by atoms with Crippen LogP contribution < -0.4 is 15.2 Å². The van der Waals surface area contributed by atoms with E-state index in [0.29, 0.717) is 30.5 Å². The van der Waals surface area contributed by atoms with Gasteiger partial charge in [0.2, 0.25) is 0 Å². The molecule has 0 spiro atoms. The second-order valence-electron chi connectivity index (χ2n) is 4.12. The van der Waals surface area contributed by atoms with Crippen LogP contribution in [0.4, 0.5) is 0 Å². The lowest BCUT2D eigenvalue weighted by Gasteiger charge is -2.10. The molecule has 0 heterocycles. The number of ether oxygens (including phenoxy) is 2. The van der Waals surface area contributed by atoms with Gasteiger partial charge in [0.25, 0.3) is 0 Å². The van der Waals surface area contributed by atoms with E-state index in [4.69, 9.17) is 26.8 Å². The number of nitrogens with two attached hydrogens (primary N) is 1. The monoisotopic (exact) mass is 355 g/mol. The van der Waals surface area contributed by atoms with Gasteiger partial charge in [-0.15, -0.1) is 0 Å². The zero-order chi connectivity index (χ0) is 14.4. The maximum atomic E-state index is 6.05. The summed E-state index contributed by atoms with van der Waals surface area (Å²) in [6.45, 7) is 1.42. The van der Waals surface area contributed by atoms with Crippen molar-refractivity contribution < 1.29 is 9.47 Å². The number of hydrogen-bond acceptors (Lipinski definition) is 3. The molecule has 0 radical (unpaired) electrons. The van der Waals surface area contributed by atoms with Crippen molar-refractivity contribution in [3.8, 4) is 11.5 Å². The Bertz CT molecular complexity index is 560. The highest BCUT2D eigenvalue weighted by molar-refractivity contribution is 9.10. The maximum Gasteiger partial charge on any atom is 0.138 e. The van der Waals surface area contributed by atoms with Crippen LogP contribution in [-0.2, 0) is 6.54 Å². The van der Waals surface area contributed by atoms with Crippen molar-refractivity contribution in [3.05, 3.63) is 57.5 Å². The molecule has 0 unspecified atom stereocenters. The van der Waals surface area contributed by atoms with E-state index in [1.54, 1.807) is 6.07 Å². The van der Waals surface area contributed by atoms with Gasteiger partial charge in [0.05, 0.1) is 5.02 Å². The minimum Gasteiger partial charge on any atom is -0.490 e. The topological polar surface area (TPSA) is 44.5 Å². The van der Waals surface area contributed by atoms with Crippen molar-refractivity contribution in [2.24, 2.45) is 5.73 Å². The van der Waals surface area contributed by atoms with Gasteiger partial charge in [-0.05, 0) is 35.9 Å². The molecule has 0 saturated heterocycles. The molecule has 20 heavy (non-hydrogen) atoms. The lowest BCUT2D eigenvalue weighted by molar-refractivity contribution is 0.217. The molecule has 2 rings (SSSR count). The Morgan fingerprint density at radius 2 is 1.70 bits per heavy atom. The van der Waals surface area contributed by atoms with Gasteiger partial charge in [-0.1, -0.05) is 39.7 Å². The number of rotatable bonds is 6. The van der Waals surface area contributed by atoms with Crippen molar-refractivity contribution in [3.63, 3.8) is 0 Å². The molecule has 0 amide bonds. The summed E-state index contributed by atoms with van der Waals surface area (Å²) in [5, 5.41) is 0.576. The zero-order valence-electron chi connectivity index (χ0n) is 10.8. The van der Waals surface area contributed by atoms with Crippen molar-refractivity contribution in [1.82, 2.24) is 0 Å². The Kier molecular flexibility index (Phi) is 5.71. The quantitative estimate of drug-likeness (QED) is 0.795. The van der Waals surface area contributed by atoms with Gasteiger partial charge in [-0.25, -0.2) is 0 Å². The fourth-order valence-corrected chi connectivity index (χ4v) is 2.35. The van der Waals surface area contributed by atoms with Gasteiger partial charge in [0, 0.05) is 11.0 Å². The predicted molar refractivity (Wildman–Crippen MR) is 84.5 cm³/mol. The summed E-state index contributed by atoms with van der Waals surface area (Å²) in [6, 6.07) is 13.2. The number of benzene rings is 2. The maximum absolute atomic E-state index is 6.05. The van der Waals surface area contributed by atoms with Crippen LogP contribution in [-0.4, -0.2) is 13.2 Å². The first-order chi connectivity index (χ1) is 9.69. The normalized spacial score (nSPS) is 10.3. The SMILES string of the molecule is NCc1ccc(OCCOc2ccc(Br)cc2Cl)cc1. The second-order valence-corrected chi connectivity index (χ2v) is 5.44. The van der Waals surface area contributed by atoms with Crippen molar-refractivity contribution in [1.29, 1.82) is 0 Å². The Balaban J connectivity index is 1.78. The van der Waals surface area contributed by atoms with E-state index in [9.17, 15) is 0 Å². The fraction of sp³-hybridized carbons (Fsp3) is 0.200. The average molecular weight is 357 g/mol. The van der Waals surface area contributed by atoms with Crippen LogP contribution in [0.1, 0.15) is 5.56 Å². The highest BCUT2D eigenvalue weighted by Crippen LogP contribution is 2.27. The average Bonchev–Trinajstić information content (AvgIpc) is 2.46. The van der Waals surface area contributed by atoms with Crippen LogP contribution in [0.3, 0.4) is 0 Å². The van der Waals surface area contributed by atoms with Crippen molar-refractivity contribution in [2.45, 2.75) is 6.54 Å². The van der Waals surface area contributed by atoms with E-state index < -0.39 is 0 Å². The lowest BCUT2D eigenvalue weighted by Crippen LogP contribution is -2.09. The number of halogens is 2. The van der Waals surface area contributed by atoms with Gasteiger partial charge in [-0.3, -0.25) is 0 Å². The standard InChI is InChI=1S/C15H15BrClNO2/c16-12-3-6-15(14(17)9-12)20-8-7-19-13-4-1-11(10-18)2-5-13/h1-6,9H,7-8,10,18H2. The smallest absolute Gasteiger partial charge is 0.138 e. The third-order valence-corrected chi connectivity index (χ3v) is 3.45. The molecule has 0 aliphatic carbocycles. The van der Waals surface area contributed by atoms with Gasteiger partial charge < -0.3 is 15.2 Å². The van der Waals surface area contributed by atoms with Crippen LogP contribution in [0.2, 0.25) is 5.02 Å². The molecular formula is C15H15BrClNO2. The Morgan fingerprint density at radius 1 is 1.00 bits per heavy atom. The largest absolute Gasteiger partial charge is 0.490 e. The molecule has 2 aromatic carbocycles. The Hall–Kier alpha value is -1.23. The van der Waals surface area contributed by atoms with Crippen LogP contribution in [0, 0.1) is 0 Å². The third-order valence-electron chi connectivity index (χ3n) is 2.66. The Morgan fingerprint density at radius 3 is 2.35 bits per heavy atom. The van der Waals surface area contributed by atoms with E-state index in [1.165, 1.54) is 0 Å². The lowest BCUT2D eigenvalue weighted by atomic mass is 10.2. The highest BCUT2D eigenvalue weighted by atomic mass is 79.9. The fourth-order valence-electron chi connectivity index (χ4n) is 1.63. The van der Waals surface area contributed by atoms with Crippen LogP contribution in [0.25, 0.3) is 0 Å². The first-order valence-electron chi connectivity index (χ1n) is 6.18. The van der Waals surface area contributed by atoms with Gasteiger partial charge in [-0.2, -0.15) is 0 Å². The van der Waals surface area contributed by atoms with Crippen LogP contribution in [0.5, 0.6) is 11.5 Å². The molecule has 0 atom stereocenters. The zero-order valence-corrected chi connectivity index (χ0v) is 13.2. The molecule has 0 fully saturated rings. The summed E-state index contributed by atoms with van der Waals surface area (Å²) < 4.78 is 12.1. The van der Waals surface area contributed by atoms with E-state index >= 15 is 0 Å². The van der Waals surface area contributed by atoms with Gasteiger partial charge >= 0.3 is 0 Å². The molecule has 0 bridgehead atoms. The Labute approximate surface area is 131 Å². The summed E-state index contributed by atoms with van der Waals surface area (Å²) in [6.07, 6.45) is 0. The molecule has 0 aromatic heterocycles. The van der Waals surface area contributed by atoms with E-state index in [1.807, 2.05) is 36.4 Å². The summed E-state index contributed by atoms with van der Waals surface area (Å²) in [7, 11) is 0. The summed E-state index contributed by atoms with van der Waals surface area (Å²) in [5.74, 6) is 1.45. The van der Waals surface area contributed by atoms with E-state index in [-0.39, 0.29) is 0 Å². The molecule has 0 aliphatic heterocycles. The first-order valence-corrected chi connectivity index (χ1v) is 7.36. The minimum atomic E-state index is 0.431. The van der Waals surface area contributed by atoms with Gasteiger partial charge in [0.1, 0.15) is 24.7 Å². The van der Waals surface area contributed by atoms with Crippen LogP contribution in [0.15, 0.2) is 46.9 Å². The minimum absolute atomic E-state index is 0.431. The van der Waals surface area contributed by atoms with Crippen LogP contribution >= 0.6 is 27.5 Å². The molecule has 2 N–H and O–H groups in total. The van der Waals surface area contributed by atoms with E-state index in [0.717, 1.165) is 15.8 Å². The predicted octanol–water partition coefficient (Wildman–Crippen LogP) is 4.02.